The summed E-state index contributed by atoms with van der Waals surface area (Å²) in [5.74, 6) is 0.416. The van der Waals surface area contributed by atoms with Crippen molar-refractivity contribution in [2.24, 2.45) is 12.1 Å². The van der Waals surface area contributed by atoms with Gasteiger partial charge in [-0.1, -0.05) is 19.1 Å². The van der Waals surface area contributed by atoms with Crippen LogP contribution < -0.4 is 21.6 Å². The molecule has 0 aliphatic rings. The molecule has 0 aliphatic heterocycles. The number of aromatic nitrogens is 4. The van der Waals surface area contributed by atoms with E-state index < -0.39 is 11.2 Å². The van der Waals surface area contributed by atoms with Gasteiger partial charge >= 0.3 is 5.69 Å². The highest BCUT2D eigenvalue weighted by Gasteiger charge is 2.16. The van der Waals surface area contributed by atoms with Gasteiger partial charge in [-0.05, 0) is 24.1 Å². The molecule has 0 fully saturated rings. The zero-order valence-electron chi connectivity index (χ0n) is 15.9. The Morgan fingerprint density at radius 1 is 1.26 bits per heavy atom. The van der Waals surface area contributed by atoms with Gasteiger partial charge in [-0.3, -0.25) is 14.3 Å². The molecule has 0 amide bonds. The first-order valence-corrected chi connectivity index (χ1v) is 8.68. The van der Waals surface area contributed by atoms with Crippen LogP contribution in [0.1, 0.15) is 18.9 Å². The van der Waals surface area contributed by atoms with E-state index in [9.17, 15) is 9.59 Å². The zero-order chi connectivity index (χ0) is 19.6. The number of imidazole rings is 1. The summed E-state index contributed by atoms with van der Waals surface area (Å²) in [6, 6.07) is 7.93. The molecule has 3 aromatic rings. The molecule has 142 valence electrons. The highest BCUT2D eigenvalue weighted by atomic mass is 16.2. The van der Waals surface area contributed by atoms with Gasteiger partial charge in [0.2, 0.25) is 5.95 Å². The highest BCUT2D eigenvalue weighted by molar-refractivity contribution is 5.81. The van der Waals surface area contributed by atoms with Crippen LogP contribution in [-0.2, 0) is 13.6 Å². The lowest BCUT2D eigenvalue weighted by molar-refractivity contribution is 0.698. The number of nitrogens with one attached hydrogen (secondary N) is 2. The Balaban J connectivity index is 1.93. The summed E-state index contributed by atoms with van der Waals surface area (Å²) in [6.07, 6.45) is 2.48. The van der Waals surface area contributed by atoms with Crippen LogP contribution in [0.25, 0.3) is 11.2 Å². The predicted molar refractivity (Wildman–Crippen MR) is 108 cm³/mol. The van der Waals surface area contributed by atoms with Gasteiger partial charge in [0.1, 0.15) is 0 Å². The fourth-order valence-corrected chi connectivity index (χ4v) is 2.78. The van der Waals surface area contributed by atoms with Gasteiger partial charge in [-0.2, -0.15) is 10.1 Å². The van der Waals surface area contributed by atoms with Crippen molar-refractivity contribution in [2.75, 3.05) is 24.4 Å². The van der Waals surface area contributed by atoms with E-state index in [0.29, 0.717) is 23.7 Å². The third kappa shape index (κ3) is 3.62. The van der Waals surface area contributed by atoms with Gasteiger partial charge < -0.3 is 9.47 Å². The van der Waals surface area contributed by atoms with E-state index in [4.69, 9.17) is 0 Å². The summed E-state index contributed by atoms with van der Waals surface area (Å²) in [4.78, 5) is 32.8. The Morgan fingerprint density at radius 3 is 2.59 bits per heavy atom. The average Bonchev–Trinajstić information content (AvgIpc) is 3.00. The summed E-state index contributed by atoms with van der Waals surface area (Å²) < 4.78 is 3.05. The normalized spacial score (nSPS) is 11.4. The highest BCUT2D eigenvalue weighted by Crippen LogP contribution is 2.16. The number of hydrogen-bond acceptors (Lipinski definition) is 6. The first-order valence-electron chi connectivity index (χ1n) is 8.68. The van der Waals surface area contributed by atoms with Crippen molar-refractivity contribution in [2.45, 2.75) is 19.9 Å². The van der Waals surface area contributed by atoms with Crippen LogP contribution in [-0.4, -0.2) is 39.4 Å². The first kappa shape index (κ1) is 18.4. The molecule has 0 aliphatic carbocycles. The second-order valence-corrected chi connectivity index (χ2v) is 6.43. The molecular weight excluding hydrogens is 346 g/mol. The van der Waals surface area contributed by atoms with Crippen molar-refractivity contribution >= 4 is 29.0 Å². The van der Waals surface area contributed by atoms with E-state index in [1.54, 1.807) is 17.8 Å². The topological polar surface area (TPSA) is 100 Å². The Bertz CT molecular complexity index is 1090. The van der Waals surface area contributed by atoms with Crippen molar-refractivity contribution < 1.29 is 0 Å². The lowest BCUT2D eigenvalue weighted by Gasteiger charge is -2.11. The van der Waals surface area contributed by atoms with Gasteiger partial charge in [0.05, 0.1) is 6.21 Å². The second-order valence-electron chi connectivity index (χ2n) is 6.43. The van der Waals surface area contributed by atoms with Crippen LogP contribution >= 0.6 is 0 Å². The van der Waals surface area contributed by atoms with Crippen molar-refractivity contribution in [3.05, 3.63) is 50.7 Å². The van der Waals surface area contributed by atoms with Crippen LogP contribution in [0, 0.1) is 0 Å². The maximum Gasteiger partial charge on any atom is 0.329 e. The fraction of sp³-hybridized carbons (Fsp3) is 0.333. The minimum Gasteiger partial charge on any atom is -0.378 e. The number of benzene rings is 1. The zero-order valence-corrected chi connectivity index (χ0v) is 15.9. The Hall–Kier alpha value is -3.36. The van der Waals surface area contributed by atoms with Crippen molar-refractivity contribution in [1.82, 2.24) is 19.1 Å². The molecule has 9 nitrogen and oxygen atoms in total. The molecule has 0 unspecified atom stereocenters. The van der Waals surface area contributed by atoms with Gasteiger partial charge in [0, 0.05) is 33.4 Å². The molecule has 0 atom stereocenters. The first-order chi connectivity index (χ1) is 12.9. The largest absolute Gasteiger partial charge is 0.378 e. The van der Waals surface area contributed by atoms with Gasteiger partial charge in [0.15, 0.2) is 11.2 Å². The quantitative estimate of drug-likeness (QED) is 0.505. The molecule has 0 bridgehead atoms. The number of hydrogen-bond donors (Lipinski definition) is 2. The molecule has 2 aromatic heterocycles. The minimum atomic E-state index is -0.496. The number of nitrogens with zero attached hydrogens (tertiary/aromatic N) is 5. The van der Waals surface area contributed by atoms with Gasteiger partial charge in [0.25, 0.3) is 5.56 Å². The summed E-state index contributed by atoms with van der Waals surface area (Å²) in [5, 5.41) is 4.23. The van der Waals surface area contributed by atoms with Crippen LogP contribution in [0.5, 0.6) is 0 Å². The molecule has 0 spiro atoms. The molecule has 0 radical (unpaired) electrons. The third-order valence-corrected chi connectivity index (χ3v) is 4.24. The van der Waals surface area contributed by atoms with E-state index in [2.05, 4.69) is 20.5 Å². The van der Waals surface area contributed by atoms with Crippen LogP contribution in [0.15, 0.2) is 39.0 Å². The van der Waals surface area contributed by atoms with Crippen molar-refractivity contribution in [1.29, 1.82) is 0 Å². The molecule has 3 rings (SSSR count). The van der Waals surface area contributed by atoms with Gasteiger partial charge in [-0.25, -0.2) is 10.2 Å². The number of fused-ring (bicyclic) bond motifs is 1. The lowest BCUT2D eigenvalue weighted by Crippen LogP contribution is -2.29. The van der Waals surface area contributed by atoms with Crippen LogP contribution in [0.2, 0.25) is 0 Å². The Kier molecular flexibility index (Phi) is 5.11. The van der Waals surface area contributed by atoms with E-state index in [0.717, 1.165) is 17.7 Å². The number of anilines is 2. The number of rotatable bonds is 6. The number of aryl methyl sites for hydroxylation is 2. The van der Waals surface area contributed by atoms with E-state index in [1.807, 2.05) is 50.2 Å². The summed E-state index contributed by atoms with van der Waals surface area (Å²) >= 11 is 0. The Labute approximate surface area is 156 Å². The SMILES string of the molecule is CCCn1c(N/N=C/c2ccc(N(C)C)cc2)nc2c1c(=O)[nH]c(=O)n2C. The number of H-pyrrole nitrogens is 1. The summed E-state index contributed by atoms with van der Waals surface area (Å²) in [7, 11) is 5.54. The smallest absolute Gasteiger partial charge is 0.329 e. The van der Waals surface area contributed by atoms with Crippen LogP contribution in [0.3, 0.4) is 0 Å². The van der Waals surface area contributed by atoms with E-state index >= 15 is 0 Å². The van der Waals surface area contributed by atoms with Crippen LogP contribution in [0.4, 0.5) is 11.6 Å². The second kappa shape index (κ2) is 7.48. The maximum absolute atomic E-state index is 12.2. The Morgan fingerprint density at radius 2 is 1.96 bits per heavy atom. The van der Waals surface area contributed by atoms with E-state index in [1.165, 1.54) is 4.57 Å². The van der Waals surface area contributed by atoms with Crippen molar-refractivity contribution in [3.63, 3.8) is 0 Å². The molecular formula is C18H23N7O2. The molecule has 9 heteroatoms. The summed E-state index contributed by atoms with van der Waals surface area (Å²) in [5.41, 5.74) is 4.65. The standard InChI is InChI=1S/C18H23N7O2/c1-5-10-25-14-15(24(4)18(27)21-16(14)26)20-17(25)22-19-11-12-6-8-13(9-7-12)23(2)3/h6-9,11H,5,10H2,1-4H3,(H,20,22)(H,21,26,27)/b19-11+. The molecule has 0 saturated heterocycles. The predicted octanol–water partition coefficient (Wildman–Crippen LogP) is 1.35. The monoisotopic (exact) mass is 369 g/mol. The minimum absolute atomic E-state index is 0.324. The maximum atomic E-state index is 12.2. The van der Waals surface area contributed by atoms with Crippen molar-refractivity contribution in [3.8, 4) is 0 Å². The molecule has 27 heavy (non-hydrogen) atoms. The number of hydrazone groups is 1. The average molecular weight is 369 g/mol. The third-order valence-electron chi connectivity index (χ3n) is 4.24. The lowest BCUT2D eigenvalue weighted by atomic mass is 10.2. The van der Waals surface area contributed by atoms with Gasteiger partial charge in [-0.15, -0.1) is 0 Å². The molecule has 2 N–H and O–H groups in total. The molecule has 1 aromatic carbocycles. The molecule has 0 saturated carbocycles. The number of aromatic amines is 1. The summed E-state index contributed by atoms with van der Waals surface area (Å²) in [6.45, 7) is 2.58. The van der Waals surface area contributed by atoms with E-state index in [-0.39, 0.29) is 0 Å². The fourth-order valence-electron chi connectivity index (χ4n) is 2.78. The molecule has 2 heterocycles.